The van der Waals surface area contributed by atoms with E-state index in [9.17, 15) is 9.59 Å². The summed E-state index contributed by atoms with van der Waals surface area (Å²) in [6.45, 7) is 4.31. The minimum Gasteiger partial charge on any atom is -0.365 e. The first-order valence-electron chi connectivity index (χ1n) is 9.13. The van der Waals surface area contributed by atoms with Crippen molar-refractivity contribution in [1.29, 1.82) is 0 Å². The van der Waals surface area contributed by atoms with E-state index in [0.29, 0.717) is 16.1 Å². The second-order valence-electron chi connectivity index (χ2n) is 7.44. The van der Waals surface area contributed by atoms with Crippen LogP contribution in [-0.2, 0) is 4.79 Å². The Morgan fingerprint density at radius 1 is 1.36 bits per heavy atom. The Morgan fingerprint density at radius 3 is 2.82 bits per heavy atom. The zero-order valence-electron chi connectivity index (χ0n) is 15.8. The van der Waals surface area contributed by atoms with Crippen molar-refractivity contribution in [3.63, 3.8) is 0 Å². The lowest BCUT2D eigenvalue weighted by molar-refractivity contribution is -0.115. The number of thiazole rings is 1. The Labute approximate surface area is 166 Å². The van der Waals surface area contributed by atoms with Crippen molar-refractivity contribution in [2.24, 2.45) is 5.73 Å². The van der Waals surface area contributed by atoms with Gasteiger partial charge in [-0.05, 0) is 39.2 Å². The molecule has 8 nitrogen and oxygen atoms in total. The smallest absolute Gasteiger partial charge is 0.253 e. The lowest BCUT2D eigenvalue weighted by Gasteiger charge is -2.39. The Hall–Kier alpha value is -2.78. The zero-order valence-corrected chi connectivity index (χ0v) is 16.6. The predicted molar refractivity (Wildman–Crippen MR) is 108 cm³/mol. The van der Waals surface area contributed by atoms with Gasteiger partial charge in [0.1, 0.15) is 4.83 Å². The van der Waals surface area contributed by atoms with E-state index >= 15 is 0 Å². The molecule has 2 amide bonds. The number of aromatic nitrogens is 3. The number of amides is 2. The van der Waals surface area contributed by atoms with Crippen LogP contribution in [0.15, 0.2) is 24.7 Å². The Balaban J connectivity index is 1.53. The predicted octanol–water partition coefficient (Wildman–Crippen LogP) is 2.34. The Morgan fingerprint density at radius 2 is 2.14 bits per heavy atom. The summed E-state index contributed by atoms with van der Waals surface area (Å²) in [6.07, 6.45) is 8.36. The fourth-order valence-electron chi connectivity index (χ4n) is 3.31. The zero-order chi connectivity index (χ0) is 19.9. The van der Waals surface area contributed by atoms with E-state index in [1.54, 1.807) is 10.7 Å². The number of primary amides is 1. The van der Waals surface area contributed by atoms with Crippen LogP contribution >= 0.6 is 11.3 Å². The number of carbonyl (C=O) groups is 2. The average molecular weight is 398 g/mol. The number of nitrogens with zero attached hydrogens (tertiary/aromatic N) is 3. The molecule has 1 aliphatic carbocycles. The third-order valence-electron chi connectivity index (χ3n) is 5.23. The van der Waals surface area contributed by atoms with Crippen LogP contribution < -0.4 is 16.4 Å². The molecule has 146 valence electrons. The highest BCUT2D eigenvalue weighted by atomic mass is 32.1. The molecule has 0 saturated heterocycles. The average Bonchev–Trinajstić information content (AvgIpc) is 3.20. The highest BCUT2D eigenvalue weighted by molar-refractivity contribution is 7.21. The van der Waals surface area contributed by atoms with Crippen molar-refractivity contribution >= 4 is 33.7 Å². The first-order chi connectivity index (χ1) is 13.3. The van der Waals surface area contributed by atoms with Crippen LogP contribution in [0.5, 0.6) is 0 Å². The summed E-state index contributed by atoms with van der Waals surface area (Å²) in [4.78, 5) is 29.8. The van der Waals surface area contributed by atoms with Gasteiger partial charge in [-0.15, -0.1) is 11.3 Å². The molecule has 1 aliphatic rings. The number of hydrogen-bond acceptors (Lipinski definition) is 6. The molecular weight excluding hydrogens is 376 g/mol. The molecule has 0 bridgehead atoms. The van der Waals surface area contributed by atoms with Crippen LogP contribution in [0.25, 0.3) is 15.3 Å². The minimum absolute atomic E-state index is 0.0813. The van der Waals surface area contributed by atoms with Crippen molar-refractivity contribution < 1.29 is 9.59 Å². The second-order valence-corrected chi connectivity index (χ2v) is 8.47. The van der Waals surface area contributed by atoms with Crippen molar-refractivity contribution in [2.75, 3.05) is 11.9 Å². The molecule has 0 radical (unpaired) electrons. The maximum absolute atomic E-state index is 12.3. The van der Waals surface area contributed by atoms with Crippen LogP contribution in [0.2, 0.25) is 0 Å². The highest BCUT2D eigenvalue weighted by Gasteiger charge is 2.31. The third-order valence-corrected chi connectivity index (χ3v) is 6.38. The number of carbonyl (C=O) groups excluding carboxylic acids is 2. The summed E-state index contributed by atoms with van der Waals surface area (Å²) in [5, 5.41) is 10.4. The number of pyridine rings is 1. The molecule has 4 rings (SSSR count). The molecule has 9 heteroatoms. The number of fused-ring (bicyclic) bond motifs is 1. The fourth-order valence-corrected chi connectivity index (χ4v) is 4.45. The van der Waals surface area contributed by atoms with Crippen molar-refractivity contribution in [2.45, 2.75) is 38.6 Å². The number of nitrogens with one attached hydrogen (secondary N) is 2. The number of nitrogens with two attached hydrogens (primary N) is 1. The minimum atomic E-state index is -0.507. The summed E-state index contributed by atoms with van der Waals surface area (Å²) in [5.41, 5.74) is 8.21. The van der Waals surface area contributed by atoms with E-state index in [2.05, 4.69) is 27.6 Å². The number of rotatable bonds is 6. The van der Waals surface area contributed by atoms with Crippen molar-refractivity contribution in [3.05, 3.63) is 35.9 Å². The van der Waals surface area contributed by atoms with Gasteiger partial charge in [0.15, 0.2) is 0 Å². The molecule has 0 unspecified atom stereocenters. The maximum atomic E-state index is 12.3. The van der Waals surface area contributed by atoms with E-state index in [1.165, 1.54) is 24.0 Å². The molecule has 0 aromatic carbocycles. The lowest BCUT2D eigenvalue weighted by Crippen LogP contribution is -2.50. The van der Waals surface area contributed by atoms with Gasteiger partial charge in [0, 0.05) is 23.0 Å². The molecule has 0 aliphatic heterocycles. The van der Waals surface area contributed by atoms with Gasteiger partial charge in [-0.3, -0.25) is 14.6 Å². The number of aryl methyl sites for hydroxylation is 1. The largest absolute Gasteiger partial charge is 0.365 e. The fraction of sp³-hybridized carbons (Fsp3) is 0.368. The first-order valence-corrected chi connectivity index (χ1v) is 9.95. The molecule has 1 fully saturated rings. The molecular formula is C19H22N6O2S. The van der Waals surface area contributed by atoms with Gasteiger partial charge in [-0.25, -0.2) is 4.52 Å². The van der Waals surface area contributed by atoms with E-state index in [4.69, 9.17) is 5.73 Å². The van der Waals surface area contributed by atoms with Crippen molar-refractivity contribution in [1.82, 2.24) is 19.9 Å². The molecule has 1 saturated carbocycles. The number of anilines is 1. The van der Waals surface area contributed by atoms with Gasteiger partial charge >= 0.3 is 0 Å². The lowest BCUT2D eigenvalue weighted by atomic mass is 9.78. The second kappa shape index (κ2) is 6.99. The number of hydrogen-bond donors (Lipinski definition) is 3. The van der Waals surface area contributed by atoms with Gasteiger partial charge in [0.05, 0.1) is 35.1 Å². The quantitative estimate of drug-likeness (QED) is 0.590. The molecule has 28 heavy (non-hydrogen) atoms. The SMILES string of the molecule is Cc1ncc(NC(=O)CNC2(C)CCC2)cc1-c1cn2ncc(C(N)=O)c2s1. The highest BCUT2D eigenvalue weighted by Crippen LogP contribution is 2.33. The van der Waals surface area contributed by atoms with E-state index in [0.717, 1.165) is 29.0 Å². The molecule has 0 spiro atoms. The molecule has 4 N–H and O–H groups in total. The Kier molecular flexibility index (Phi) is 4.64. The molecule has 0 atom stereocenters. The summed E-state index contributed by atoms with van der Waals surface area (Å²) in [6, 6.07) is 1.89. The van der Waals surface area contributed by atoms with E-state index < -0.39 is 5.91 Å². The molecule has 3 aromatic rings. The monoisotopic (exact) mass is 398 g/mol. The van der Waals surface area contributed by atoms with Gasteiger partial charge < -0.3 is 16.4 Å². The summed E-state index contributed by atoms with van der Waals surface area (Å²) in [5.74, 6) is -0.603. The summed E-state index contributed by atoms with van der Waals surface area (Å²) >= 11 is 1.41. The third kappa shape index (κ3) is 3.50. The maximum Gasteiger partial charge on any atom is 0.253 e. The molecule has 3 heterocycles. The normalized spacial score (nSPS) is 15.4. The summed E-state index contributed by atoms with van der Waals surface area (Å²) in [7, 11) is 0. The van der Waals surface area contributed by atoms with Crippen molar-refractivity contribution in [3.8, 4) is 10.4 Å². The van der Waals surface area contributed by atoms with Gasteiger partial charge in [-0.1, -0.05) is 0 Å². The van der Waals surface area contributed by atoms with Gasteiger partial charge in [0.25, 0.3) is 5.91 Å². The van der Waals surface area contributed by atoms with Gasteiger partial charge in [0.2, 0.25) is 5.91 Å². The molecule has 3 aromatic heterocycles. The van der Waals surface area contributed by atoms with Crippen LogP contribution in [0.1, 0.15) is 42.2 Å². The van der Waals surface area contributed by atoms with E-state index in [1.807, 2.05) is 19.2 Å². The first kappa shape index (κ1) is 18.6. The van der Waals surface area contributed by atoms with Gasteiger partial charge in [-0.2, -0.15) is 5.10 Å². The van der Waals surface area contributed by atoms with E-state index in [-0.39, 0.29) is 18.0 Å². The topological polar surface area (TPSA) is 114 Å². The van der Waals surface area contributed by atoms with Crippen LogP contribution in [0.3, 0.4) is 0 Å². The van der Waals surface area contributed by atoms with Crippen LogP contribution in [0, 0.1) is 6.92 Å². The standard InChI is InChI=1S/C19H22N6O2S/c1-11-13(15-10-25-18(28-15)14(8-23-25)17(20)27)6-12(7-21-11)24-16(26)9-22-19(2)4-3-5-19/h6-8,10,22H,3-5,9H2,1-2H3,(H2,20,27)(H,24,26). The Bertz CT molecular complexity index is 1070. The van der Waals surface area contributed by atoms with Crippen LogP contribution in [-0.4, -0.2) is 38.5 Å². The summed E-state index contributed by atoms with van der Waals surface area (Å²) < 4.78 is 1.63. The van der Waals surface area contributed by atoms with Crippen LogP contribution in [0.4, 0.5) is 5.69 Å².